The van der Waals surface area contributed by atoms with Gasteiger partial charge in [-0.25, -0.2) is 4.79 Å². The summed E-state index contributed by atoms with van der Waals surface area (Å²) in [5.41, 5.74) is 2.00. The van der Waals surface area contributed by atoms with Crippen LogP contribution in [-0.4, -0.2) is 22.2 Å². The topological polar surface area (TPSA) is 74.6 Å². The molecule has 0 saturated heterocycles. The molecular formula is C37H54O4. The van der Waals surface area contributed by atoms with Gasteiger partial charge in [-0.2, -0.15) is 0 Å². The maximum atomic E-state index is 12.9. The van der Waals surface area contributed by atoms with Gasteiger partial charge < -0.3 is 10.2 Å². The Morgan fingerprint density at radius 1 is 0.756 bits per heavy atom. The Bertz CT molecular complexity index is 1220. The van der Waals surface area contributed by atoms with Crippen molar-refractivity contribution in [3.05, 3.63) is 35.4 Å². The number of carboxylic acid groups (broad SMARTS) is 2. The highest BCUT2D eigenvalue weighted by molar-refractivity contribution is 5.87. The number of hydrogen-bond donors (Lipinski definition) is 2. The van der Waals surface area contributed by atoms with Crippen LogP contribution in [0.1, 0.15) is 135 Å². The molecular weight excluding hydrogens is 508 g/mol. The molecule has 0 bridgehead atoms. The number of carboxylic acids is 2. The van der Waals surface area contributed by atoms with Crippen LogP contribution in [0.3, 0.4) is 0 Å². The van der Waals surface area contributed by atoms with Crippen molar-refractivity contribution in [1.29, 1.82) is 0 Å². The lowest BCUT2D eigenvalue weighted by Crippen LogP contribution is -2.66. The zero-order valence-corrected chi connectivity index (χ0v) is 26.6. The third-order valence-corrected chi connectivity index (χ3v) is 15.4. The quantitative estimate of drug-likeness (QED) is 0.383. The van der Waals surface area contributed by atoms with Gasteiger partial charge in [0.05, 0.1) is 11.0 Å². The van der Waals surface area contributed by atoms with Crippen molar-refractivity contribution in [2.24, 2.45) is 62.6 Å². The average molecular weight is 563 g/mol. The molecule has 4 heteroatoms. The Labute approximate surface area is 248 Å². The molecule has 6 rings (SSSR count). The molecule has 0 spiro atoms. The van der Waals surface area contributed by atoms with E-state index >= 15 is 0 Å². The molecule has 0 amide bonds. The maximum Gasteiger partial charge on any atom is 0.335 e. The van der Waals surface area contributed by atoms with E-state index in [2.05, 4.69) is 60.6 Å². The van der Waals surface area contributed by atoms with Gasteiger partial charge in [0.2, 0.25) is 0 Å². The molecule has 1 unspecified atom stereocenters. The molecule has 0 radical (unpaired) electrons. The summed E-state index contributed by atoms with van der Waals surface area (Å²) in [6, 6.07) is 7.72. The number of fused-ring (bicyclic) bond motifs is 7. The van der Waals surface area contributed by atoms with E-state index in [1.165, 1.54) is 37.7 Å². The Balaban J connectivity index is 1.33. The summed E-state index contributed by atoms with van der Waals surface area (Å²) >= 11 is 0. The third kappa shape index (κ3) is 3.76. The average Bonchev–Trinajstić information content (AvgIpc) is 3.30. The highest BCUT2D eigenvalue weighted by Crippen LogP contribution is 2.78. The molecule has 226 valence electrons. The van der Waals surface area contributed by atoms with E-state index in [0.717, 1.165) is 32.1 Å². The number of aromatic carboxylic acids is 1. The van der Waals surface area contributed by atoms with Gasteiger partial charge in [0, 0.05) is 0 Å². The number of benzene rings is 1. The van der Waals surface area contributed by atoms with Gasteiger partial charge in [0.1, 0.15) is 0 Å². The highest BCUT2D eigenvalue weighted by Gasteiger charge is 2.72. The predicted molar refractivity (Wildman–Crippen MR) is 163 cm³/mol. The second kappa shape index (κ2) is 9.33. The normalized spacial score (nSPS) is 46.6. The lowest BCUT2D eigenvalue weighted by atomic mass is 9.31. The van der Waals surface area contributed by atoms with Gasteiger partial charge in [-0.3, -0.25) is 4.79 Å². The Morgan fingerprint density at radius 3 is 2.05 bits per heavy atom. The van der Waals surface area contributed by atoms with E-state index in [-0.39, 0.29) is 21.7 Å². The van der Waals surface area contributed by atoms with Crippen molar-refractivity contribution in [3.63, 3.8) is 0 Å². The van der Waals surface area contributed by atoms with Gasteiger partial charge >= 0.3 is 11.9 Å². The zero-order chi connectivity index (χ0) is 29.8. The second-order valence-electron chi connectivity index (χ2n) is 16.9. The summed E-state index contributed by atoms with van der Waals surface area (Å²) in [7, 11) is 0. The molecule has 5 fully saturated rings. The molecule has 0 heterocycles. The minimum Gasteiger partial charge on any atom is -0.481 e. The van der Waals surface area contributed by atoms with E-state index in [4.69, 9.17) is 0 Å². The lowest BCUT2D eigenvalue weighted by Gasteiger charge is -2.73. The summed E-state index contributed by atoms with van der Waals surface area (Å²) in [6.07, 6.45) is 11.2. The monoisotopic (exact) mass is 562 g/mol. The fourth-order valence-corrected chi connectivity index (χ4v) is 13.2. The summed E-state index contributed by atoms with van der Waals surface area (Å²) in [5.74, 6) is 2.28. The van der Waals surface area contributed by atoms with E-state index in [1.807, 2.05) is 0 Å². The van der Waals surface area contributed by atoms with E-state index < -0.39 is 17.4 Å². The van der Waals surface area contributed by atoms with Gasteiger partial charge in [-0.1, -0.05) is 60.6 Å². The van der Waals surface area contributed by atoms with Gasteiger partial charge in [-0.05, 0) is 145 Å². The minimum absolute atomic E-state index is 0.135. The van der Waals surface area contributed by atoms with Gasteiger partial charge in [0.15, 0.2) is 0 Å². The Morgan fingerprint density at radius 2 is 1.44 bits per heavy atom. The maximum absolute atomic E-state index is 12.9. The zero-order valence-electron chi connectivity index (χ0n) is 26.6. The first-order valence-corrected chi connectivity index (χ1v) is 16.7. The van der Waals surface area contributed by atoms with Crippen LogP contribution < -0.4 is 0 Å². The molecule has 5 aliphatic carbocycles. The molecule has 0 aromatic heterocycles. The molecule has 2 N–H and O–H groups in total. The van der Waals surface area contributed by atoms with Crippen LogP contribution in [0.5, 0.6) is 0 Å². The Kier molecular flexibility index (Phi) is 6.65. The smallest absolute Gasteiger partial charge is 0.335 e. The van der Waals surface area contributed by atoms with Crippen molar-refractivity contribution in [2.75, 3.05) is 0 Å². The fraction of sp³-hybridized carbons (Fsp3) is 0.784. The molecule has 10 atom stereocenters. The third-order valence-electron chi connectivity index (χ3n) is 15.4. The number of aliphatic carboxylic acids is 1. The summed E-state index contributed by atoms with van der Waals surface area (Å²) in [4.78, 5) is 24.4. The number of hydrogen-bond acceptors (Lipinski definition) is 2. The first-order valence-electron chi connectivity index (χ1n) is 16.7. The largest absolute Gasteiger partial charge is 0.481 e. The molecule has 5 saturated carbocycles. The summed E-state index contributed by atoms with van der Waals surface area (Å²) < 4.78 is 0. The molecule has 5 aliphatic rings. The van der Waals surface area contributed by atoms with Crippen molar-refractivity contribution in [2.45, 2.75) is 119 Å². The fourth-order valence-electron chi connectivity index (χ4n) is 13.2. The van der Waals surface area contributed by atoms with Crippen LogP contribution >= 0.6 is 0 Å². The van der Waals surface area contributed by atoms with Gasteiger partial charge in [-0.15, -0.1) is 0 Å². The van der Waals surface area contributed by atoms with Crippen LogP contribution in [0.2, 0.25) is 0 Å². The first kappa shape index (κ1) is 29.2. The van der Waals surface area contributed by atoms with Crippen LogP contribution in [0, 0.1) is 62.6 Å². The Hall–Kier alpha value is -1.84. The molecule has 1 aromatic rings. The van der Waals surface area contributed by atoms with Crippen molar-refractivity contribution in [3.8, 4) is 0 Å². The van der Waals surface area contributed by atoms with E-state index in [9.17, 15) is 19.8 Å². The highest BCUT2D eigenvalue weighted by atomic mass is 16.4. The van der Waals surface area contributed by atoms with Crippen LogP contribution in [0.25, 0.3) is 0 Å². The van der Waals surface area contributed by atoms with Crippen molar-refractivity contribution < 1.29 is 19.8 Å². The minimum atomic E-state index is -0.858. The first-order chi connectivity index (χ1) is 19.1. The molecule has 41 heavy (non-hydrogen) atoms. The van der Waals surface area contributed by atoms with Crippen molar-refractivity contribution >= 4 is 11.9 Å². The predicted octanol–water partition coefficient (Wildman–Crippen LogP) is 9.29. The summed E-state index contributed by atoms with van der Waals surface area (Å²) in [5, 5.41) is 20.1. The van der Waals surface area contributed by atoms with Crippen molar-refractivity contribution in [1.82, 2.24) is 0 Å². The number of carbonyl (C=O) groups is 2. The van der Waals surface area contributed by atoms with Crippen LogP contribution in [-0.2, 0) is 4.79 Å². The van der Waals surface area contributed by atoms with Crippen LogP contribution in [0.4, 0.5) is 0 Å². The van der Waals surface area contributed by atoms with Crippen LogP contribution in [0.15, 0.2) is 24.3 Å². The standard InChI is InChI=1S/C37H54O4/c1-22(2)25-14-19-37(32(40)41)21-20-35(6)27(30(25)37)12-13-29-34(5)17-15-26(23-8-10-24(11-9-23)31(38)39)33(3,4)28(34)16-18-36(29,35)7/h8-11,22,25-30H,12-21H2,1-7H3,(H,38,39)(H,40,41)/t25-,26+,27+,28?,29+,30+,34-,35+,36+,37-/m0/s1. The number of rotatable bonds is 4. The van der Waals surface area contributed by atoms with E-state index in [0.29, 0.717) is 47.0 Å². The SMILES string of the molecule is CC(C)[C@@H]1CC[C@]2(C(=O)O)CC[C@]3(C)[C@H](CC[C@@H]4[C@@]5(C)CC[C@H](c6ccc(C(=O)O)cc6)C(C)(C)C5CC[C@]43C)[C@@H]12. The summed E-state index contributed by atoms with van der Waals surface area (Å²) in [6.45, 7) is 17.5. The van der Waals surface area contributed by atoms with E-state index in [1.54, 1.807) is 12.1 Å². The second-order valence-corrected chi connectivity index (χ2v) is 16.9. The molecule has 0 aliphatic heterocycles. The molecule has 1 aromatic carbocycles. The molecule has 4 nitrogen and oxygen atoms in total. The lowest BCUT2D eigenvalue weighted by molar-refractivity contribution is -0.241. The van der Waals surface area contributed by atoms with Gasteiger partial charge in [0.25, 0.3) is 0 Å².